The summed E-state index contributed by atoms with van der Waals surface area (Å²) in [6.45, 7) is 3.13. The molecule has 4 rings (SSSR count). The third-order valence-electron chi connectivity index (χ3n) is 4.31. The Morgan fingerprint density at radius 3 is 2.79 bits per heavy atom. The van der Waals surface area contributed by atoms with Crippen molar-refractivity contribution in [2.75, 3.05) is 38.3 Å². The highest BCUT2D eigenvalue weighted by Gasteiger charge is 2.17. The summed E-state index contributed by atoms with van der Waals surface area (Å²) in [6, 6.07) is 10.1. The number of ether oxygens (including phenoxy) is 2. The lowest BCUT2D eigenvalue weighted by Gasteiger charge is -2.28. The van der Waals surface area contributed by atoms with E-state index in [1.54, 1.807) is 7.11 Å². The smallest absolute Gasteiger partial charge is 0.223 e. The van der Waals surface area contributed by atoms with Gasteiger partial charge < -0.3 is 19.4 Å². The van der Waals surface area contributed by atoms with E-state index >= 15 is 0 Å². The average molecular weight is 344 g/mol. The Kier molecular flexibility index (Phi) is 4.04. The zero-order valence-electron chi connectivity index (χ0n) is 13.4. The molecule has 1 N–H and O–H groups in total. The van der Waals surface area contributed by atoms with Crippen molar-refractivity contribution in [3.8, 4) is 17.0 Å². The van der Waals surface area contributed by atoms with Gasteiger partial charge in [0.25, 0.3) is 0 Å². The fourth-order valence-electron chi connectivity index (χ4n) is 3.04. The van der Waals surface area contributed by atoms with Gasteiger partial charge in [-0.15, -0.1) is 0 Å². The van der Waals surface area contributed by atoms with E-state index in [2.05, 4.69) is 20.9 Å². The molecule has 0 radical (unpaired) electrons. The third-order valence-corrected chi connectivity index (χ3v) is 4.62. The van der Waals surface area contributed by atoms with Crippen LogP contribution in [-0.2, 0) is 4.74 Å². The van der Waals surface area contributed by atoms with Crippen LogP contribution in [0.3, 0.4) is 0 Å². The van der Waals surface area contributed by atoms with Gasteiger partial charge in [-0.25, -0.2) is 0 Å². The maximum atomic E-state index is 6.48. The van der Waals surface area contributed by atoms with Crippen molar-refractivity contribution in [3.05, 3.63) is 41.6 Å². The fourth-order valence-corrected chi connectivity index (χ4v) is 3.31. The number of benzene rings is 1. The van der Waals surface area contributed by atoms with Crippen LogP contribution in [0.5, 0.6) is 5.88 Å². The summed E-state index contributed by atoms with van der Waals surface area (Å²) in [5.74, 6) is 1.48. The number of aromatic amines is 1. The molecule has 1 aliphatic heterocycles. The van der Waals surface area contributed by atoms with Crippen molar-refractivity contribution in [2.24, 2.45) is 0 Å². The number of aromatic nitrogens is 2. The zero-order valence-corrected chi connectivity index (χ0v) is 14.1. The summed E-state index contributed by atoms with van der Waals surface area (Å²) in [6.07, 6.45) is 1.90. The van der Waals surface area contributed by atoms with Crippen molar-refractivity contribution in [1.29, 1.82) is 0 Å². The van der Waals surface area contributed by atoms with Crippen LogP contribution in [0.1, 0.15) is 0 Å². The average Bonchev–Trinajstić information content (AvgIpc) is 3.08. The van der Waals surface area contributed by atoms with Gasteiger partial charge in [-0.1, -0.05) is 11.6 Å². The van der Waals surface area contributed by atoms with Gasteiger partial charge >= 0.3 is 0 Å². The lowest BCUT2D eigenvalue weighted by molar-refractivity contribution is 0.122. The van der Waals surface area contributed by atoms with Crippen LogP contribution in [0.25, 0.3) is 22.0 Å². The van der Waals surface area contributed by atoms with Gasteiger partial charge in [0.2, 0.25) is 5.88 Å². The molecule has 124 valence electrons. The molecule has 0 unspecified atom stereocenters. The molecule has 6 heteroatoms. The van der Waals surface area contributed by atoms with E-state index in [1.807, 2.05) is 30.5 Å². The molecule has 3 aromatic rings. The number of halogens is 1. The van der Waals surface area contributed by atoms with E-state index in [4.69, 9.17) is 21.1 Å². The van der Waals surface area contributed by atoms with E-state index in [0.717, 1.165) is 54.2 Å². The van der Waals surface area contributed by atoms with Gasteiger partial charge in [-0.2, -0.15) is 4.98 Å². The summed E-state index contributed by atoms with van der Waals surface area (Å²) in [7, 11) is 1.64. The number of pyridine rings is 1. The molecule has 0 saturated carbocycles. The first-order valence-electron chi connectivity index (χ1n) is 7.91. The predicted octanol–water partition coefficient (Wildman–Crippen LogP) is 3.73. The molecule has 1 fully saturated rings. The van der Waals surface area contributed by atoms with Gasteiger partial charge in [0.05, 0.1) is 25.3 Å². The highest BCUT2D eigenvalue weighted by molar-refractivity contribution is 6.34. The van der Waals surface area contributed by atoms with Crippen molar-refractivity contribution in [2.45, 2.75) is 0 Å². The molecular weight excluding hydrogens is 326 g/mol. The molecule has 0 aliphatic carbocycles. The molecule has 1 aromatic carbocycles. The molecule has 2 aromatic heterocycles. The van der Waals surface area contributed by atoms with E-state index in [9.17, 15) is 0 Å². The van der Waals surface area contributed by atoms with Crippen LogP contribution in [0.2, 0.25) is 5.02 Å². The number of hydrogen-bond donors (Lipinski definition) is 1. The Hall–Kier alpha value is -2.24. The third kappa shape index (κ3) is 2.70. The number of H-pyrrole nitrogens is 1. The number of methoxy groups -OCH3 is 1. The number of nitrogens with zero attached hydrogens (tertiary/aromatic N) is 2. The number of hydrogen-bond acceptors (Lipinski definition) is 4. The molecule has 0 amide bonds. The Morgan fingerprint density at radius 2 is 2.00 bits per heavy atom. The summed E-state index contributed by atoms with van der Waals surface area (Å²) in [4.78, 5) is 10.1. The topological polar surface area (TPSA) is 50.4 Å². The van der Waals surface area contributed by atoms with Crippen molar-refractivity contribution < 1.29 is 9.47 Å². The fraction of sp³-hybridized carbons (Fsp3) is 0.278. The SMILES string of the molecule is COc1nc(N2CCOCC2)ccc1-c1cc2cc[nH]c2cc1Cl. The normalized spacial score (nSPS) is 15.0. The van der Waals surface area contributed by atoms with Crippen LogP contribution in [-0.4, -0.2) is 43.4 Å². The molecular formula is C18H18ClN3O2. The van der Waals surface area contributed by atoms with Gasteiger partial charge in [-0.05, 0) is 30.3 Å². The summed E-state index contributed by atoms with van der Waals surface area (Å²) in [5, 5.41) is 1.78. The van der Waals surface area contributed by atoms with Crippen molar-refractivity contribution in [3.63, 3.8) is 0 Å². The number of morpholine rings is 1. The van der Waals surface area contributed by atoms with E-state index < -0.39 is 0 Å². The second-order valence-corrected chi connectivity index (χ2v) is 6.13. The highest BCUT2D eigenvalue weighted by Crippen LogP contribution is 2.37. The van der Waals surface area contributed by atoms with Gasteiger partial charge in [0.1, 0.15) is 5.82 Å². The van der Waals surface area contributed by atoms with Gasteiger partial charge in [0, 0.05) is 41.3 Å². The summed E-state index contributed by atoms with van der Waals surface area (Å²) in [5.41, 5.74) is 2.82. The van der Waals surface area contributed by atoms with Crippen LogP contribution in [0.4, 0.5) is 5.82 Å². The number of fused-ring (bicyclic) bond motifs is 1. The molecule has 3 heterocycles. The van der Waals surface area contributed by atoms with E-state index in [-0.39, 0.29) is 0 Å². The molecule has 24 heavy (non-hydrogen) atoms. The first-order chi connectivity index (χ1) is 11.8. The van der Waals surface area contributed by atoms with Crippen LogP contribution >= 0.6 is 11.6 Å². The first kappa shape index (κ1) is 15.3. The Balaban J connectivity index is 1.77. The molecule has 0 bridgehead atoms. The van der Waals surface area contributed by atoms with Gasteiger partial charge in [-0.3, -0.25) is 0 Å². The molecule has 0 spiro atoms. The quantitative estimate of drug-likeness (QED) is 0.787. The van der Waals surface area contributed by atoms with E-state index in [1.165, 1.54) is 0 Å². The summed E-state index contributed by atoms with van der Waals surface area (Å²) >= 11 is 6.48. The van der Waals surface area contributed by atoms with Crippen LogP contribution in [0, 0.1) is 0 Å². The zero-order chi connectivity index (χ0) is 16.5. The maximum Gasteiger partial charge on any atom is 0.223 e. The van der Waals surface area contributed by atoms with Gasteiger partial charge in [0.15, 0.2) is 0 Å². The lowest BCUT2D eigenvalue weighted by Crippen LogP contribution is -2.36. The monoisotopic (exact) mass is 343 g/mol. The Morgan fingerprint density at radius 1 is 1.17 bits per heavy atom. The second kappa shape index (κ2) is 6.34. The number of nitrogens with one attached hydrogen (secondary N) is 1. The van der Waals surface area contributed by atoms with Crippen molar-refractivity contribution in [1.82, 2.24) is 9.97 Å². The van der Waals surface area contributed by atoms with Crippen LogP contribution < -0.4 is 9.64 Å². The molecule has 5 nitrogen and oxygen atoms in total. The molecule has 0 atom stereocenters. The Labute approximate surface area is 145 Å². The first-order valence-corrected chi connectivity index (χ1v) is 8.29. The van der Waals surface area contributed by atoms with Crippen molar-refractivity contribution >= 4 is 28.3 Å². The molecule has 1 aliphatic rings. The minimum Gasteiger partial charge on any atom is -0.480 e. The number of anilines is 1. The largest absolute Gasteiger partial charge is 0.480 e. The second-order valence-electron chi connectivity index (χ2n) is 5.72. The summed E-state index contributed by atoms with van der Waals surface area (Å²) < 4.78 is 10.9. The maximum absolute atomic E-state index is 6.48. The lowest BCUT2D eigenvalue weighted by atomic mass is 10.0. The van der Waals surface area contributed by atoms with E-state index in [0.29, 0.717) is 10.9 Å². The van der Waals surface area contributed by atoms with Crippen LogP contribution in [0.15, 0.2) is 36.5 Å². The predicted molar refractivity (Wildman–Crippen MR) is 96.1 cm³/mol. The molecule has 1 saturated heterocycles. The highest BCUT2D eigenvalue weighted by atomic mass is 35.5. The standard InChI is InChI=1S/C18H18ClN3O2/c1-23-18-13(2-3-17(21-18)22-6-8-24-9-7-22)14-10-12-4-5-20-16(12)11-15(14)19/h2-5,10-11,20H,6-9H2,1H3. The minimum atomic E-state index is 0.579. The number of rotatable bonds is 3. The minimum absolute atomic E-state index is 0.579. The Bertz CT molecular complexity index is 872.